The molecule has 0 saturated heterocycles. The normalized spacial score (nSPS) is 17.6. The number of fused-ring (bicyclic) bond motifs is 1. The average molecular weight is 354 g/mol. The third kappa shape index (κ3) is 3.07. The summed E-state index contributed by atoms with van der Waals surface area (Å²) in [6, 6.07) is 9.40. The lowest BCUT2D eigenvalue weighted by molar-refractivity contribution is 0.0897. The molecule has 136 valence electrons. The van der Waals surface area contributed by atoms with Crippen molar-refractivity contribution >= 4 is 5.91 Å². The van der Waals surface area contributed by atoms with Crippen LogP contribution in [0, 0.1) is 0 Å². The number of hydrogen-bond donors (Lipinski definition) is 1. The van der Waals surface area contributed by atoms with Crippen molar-refractivity contribution in [1.29, 1.82) is 0 Å². The predicted molar refractivity (Wildman–Crippen MR) is 95.8 cm³/mol. The summed E-state index contributed by atoms with van der Waals surface area (Å²) in [5.74, 6) is 1.88. The van der Waals surface area contributed by atoms with Crippen molar-refractivity contribution in [3.05, 3.63) is 47.7 Å². The fourth-order valence-corrected chi connectivity index (χ4v) is 3.73. The van der Waals surface area contributed by atoms with Gasteiger partial charge in [0.1, 0.15) is 13.2 Å². The molecule has 1 N–H and O–H groups in total. The molecule has 2 aromatic rings. The van der Waals surface area contributed by atoms with Crippen molar-refractivity contribution in [2.24, 2.45) is 0 Å². The van der Waals surface area contributed by atoms with E-state index in [2.05, 4.69) is 10.3 Å². The van der Waals surface area contributed by atoms with Crippen LogP contribution < -0.4 is 19.5 Å². The number of pyridine rings is 1. The van der Waals surface area contributed by atoms with E-state index in [1.54, 1.807) is 25.4 Å². The summed E-state index contributed by atoms with van der Waals surface area (Å²) in [6.45, 7) is 1.12. The topological polar surface area (TPSA) is 69.7 Å². The number of carbonyl (C=O) groups excluding carboxylic acids is 1. The quantitative estimate of drug-likeness (QED) is 0.914. The van der Waals surface area contributed by atoms with Crippen LogP contribution in [0.1, 0.15) is 41.6 Å². The Morgan fingerprint density at radius 2 is 1.88 bits per heavy atom. The molecule has 1 aromatic carbocycles. The Bertz CT molecular complexity index is 798. The first-order chi connectivity index (χ1) is 12.7. The molecule has 1 aromatic heterocycles. The largest absolute Gasteiger partial charge is 0.486 e. The molecule has 0 unspecified atom stereocenters. The Morgan fingerprint density at radius 3 is 2.58 bits per heavy atom. The first-order valence-electron chi connectivity index (χ1n) is 8.93. The van der Waals surface area contributed by atoms with Crippen molar-refractivity contribution in [1.82, 2.24) is 10.3 Å². The van der Waals surface area contributed by atoms with Crippen LogP contribution in [0.3, 0.4) is 0 Å². The molecule has 1 aliphatic heterocycles. The van der Waals surface area contributed by atoms with Gasteiger partial charge in [-0.2, -0.15) is 0 Å². The summed E-state index contributed by atoms with van der Waals surface area (Å²) in [5, 5.41) is 3.25. The van der Waals surface area contributed by atoms with E-state index in [1.807, 2.05) is 18.2 Å². The zero-order valence-electron chi connectivity index (χ0n) is 14.8. The SMILES string of the molecule is COc1ccc(C(=O)NC2(c3ccc4c(c3)OCCO4)CCCC2)cn1. The van der Waals surface area contributed by atoms with E-state index >= 15 is 0 Å². The monoisotopic (exact) mass is 354 g/mol. The van der Waals surface area contributed by atoms with Gasteiger partial charge in [-0.15, -0.1) is 0 Å². The number of rotatable bonds is 4. The number of ether oxygens (including phenoxy) is 3. The fourth-order valence-electron chi connectivity index (χ4n) is 3.73. The van der Waals surface area contributed by atoms with Crippen molar-refractivity contribution in [3.63, 3.8) is 0 Å². The molecule has 0 bridgehead atoms. The van der Waals surface area contributed by atoms with Gasteiger partial charge < -0.3 is 19.5 Å². The number of carbonyl (C=O) groups is 1. The van der Waals surface area contributed by atoms with Gasteiger partial charge in [-0.05, 0) is 36.6 Å². The molecule has 4 rings (SSSR count). The Kier molecular flexibility index (Phi) is 4.41. The van der Waals surface area contributed by atoms with Crippen molar-refractivity contribution in [2.75, 3.05) is 20.3 Å². The molecule has 0 atom stereocenters. The smallest absolute Gasteiger partial charge is 0.253 e. The molecule has 2 heterocycles. The molecular weight excluding hydrogens is 332 g/mol. The fraction of sp³-hybridized carbons (Fsp3) is 0.400. The van der Waals surface area contributed by atoms with Crippen molar-refractivity contribution in [3.8, 4) is 17.4 Å². The van der Waals surface area contributed by atoms with Gasteiger partial charge in [0.05, 0.1) is 18.2 Å². The molecule has 1 amide bonds. The van der Waals surface area contributed by atoms with E-state index in [1.165, 1.54) is 0 Å². The van der Waals surface area contributed by atoms with Gasteiger partial charge in [0.15, 0.2) is 11.5 Å². The number of nitrogens with zero attached hydrogens (tertiary/aromatic N) is 1. The van der Waals surface area contributed by atoms with Gasteiger partial charge in [0, 0.05) is 12.3 Å². The molecule has 1 aliphatic carbocycles. The Balaban J connectivity index is 1.61. The highest BCUT2D eigenvalue weighted by atomic mass is 16.6. The summed E-state index contributed by atoms with van der Waals surface area (Å²) in [6.07, 6.45) is 5.51. The summed E-state index contributed by atoms with van der Waals surface area (Å²) in [4.78, 5) is 16.9. The molecule has 0 spiro atoms. The average Bonchev–Trinajstić information content (AvgIpc) is 3.17. The van der Waals surface area contributed by atoms with E-state index in [-0.39, 0.29) is 11.4 Å². The van der Waals surface area contributed by atoms with E-state index in [4.69, 9.17) is 14.2 Å². The molecule has 1 saturated carbocycles. The Labute approximate surface area is 152 Å². The highest BCUT2D eigenvalue weighted by Crippen LogP contribution is 2.42. The van der Waals surface area contributed by atoms with Gasteiger partial charge in [-0.3, -0.25) is 4.79 Å². The van der Waals surface area contributed by atoms with E-state index in [9.17, 15) is 4.79 Å². The van der Waals surface area contributed by atoms with Crippen LogP contribution in [0.2, 0.25) is 0 Å². The molecule has 2 aliphatic rings. The molecule has 1 fully saturated rings. The summed E-state index contributed by atoms with van der Waals surface area (Å²) in [7, 11) is 1.55. The van der Waals surface area contributed by atoms with Crippen molar-refractivity contribution < 1.29 is 19.0 Å². The molecular formula is C20H22N2O4. The first-order valence-corrected chi connectivity index (χ1v) is 8.93. The van der Waals surface area contributed by atoms with E-state index in [0.29, 0.717) is 24.7 Å². The standard InChI is InChI=1S/C20H22N2O4/c1-24-18-7-4-14(13-21-18)19(23)22-20(8-2-3-9-20)15-5-6-16-17(12-15)26-11-10-25-16/h4-7,12-13H,2-3,8-11H2,1H3,(H,22,23). The minimum Gasteiger partial charge on any atom is -0.486 e. The lowest BCUT2D eigenvalue weighted by atomic mass is 9.87. The highest BCUT2D eigenvalue weighted by molar-refractivity contribution is 5.94. The van der Waals surface area contributed by atoms with Gasteiger partial charge in [0.25, 0.3) is 5.91 Å². The third-order valence-electron chi connectivity index (χ3n) is 5.11. The van der Waals surface area contributed by atoms with Crippen LogP contribution in [0.4, 0.5) is 0 Å². The van der Waals surface area contributed by atoms with Gasteiger partial charge in [0.2, 0.25) is 5.88 Å². The summed E-state index contributed by atoms with van der Waals surface area (Å²) in [5.41, 5.74) is 1.20. The number of benzene rings is 1. The summed E-state index contributed by atoms with van der Waals surface area (Å²) < 4.78 is 16.4. The second-order valence-corrected chi connectivity index (χ2v) is 6.69. The maximum absolute atomic E-state index is 12.8. The zero-order chi connectivity index (χ0) is 18.0. The Hall–Kier alpha value is -2.76. The number of methoxy groups -OCH3 is 1. The maximum atomic E-state index is 12.8. The minimum absolute atomic E-state index is 0.128. The molecule has 6 heteroatoms. The minimum atomic E-state index is -0.382. The van der Waals surface area contributed by atoms with Crippen LogP contribution in [-0.2, 0) is 5.54 Å². The third-order valence-corrected chi connectivity index (χ3v) is 5.11. The lowest BCUT2D eigenvalue weighted by Crippen LogP contribution is -2.43. The van der Waals surface area contributed by atoms with E-state index in [0.717, 1.165) is 42.7 Å². The number of hydrogen-bond acceptors (Lipinski definition) is 5. The van der Waals surface area contributed by atoms with Crippen LogP contribution in [-0.4, -0.2) is 31.2 Å². The number of amides is 1. The number of aromatic nitrogens is 1. The van der Waals surface area contributed by atoms with Gasteiger partial charge in [-0.1, -0.05) is 18.9 Å². The zero-order valence-corrected chi connectivity index (χ0v) is 14.8. The summed E-state index contributed by atoms with van der Waals surface area (Å²) >= 11 is 0. The molecule has 0 radical (unpaired) electrons. The van der Waals surface area contributed by atoms with Crippen LogP contribution >= 0.6 is 0 Å². The second-order valence-electron chi connectivity index (χ2n) is 6.69. The van der Waals surface area contributed by atoms with Crippen LogP contribution in [0.15, 0.2) is 36.5 Å². The highest BCUT2D eigenvalue weighted by Gasteiger charge is 2.38. The van der Waals surface area contributed by atoms with Crippen LogP contribution in [0.5, 0.6) is 17.4 Å². The first kappa shape index (κ1) is 16.7. The van der Waals surface area contributed by atoms with Crippen LogP contribution in [0.25, 0.3) is 0 Å². The van der Waals surface area contributed by atoms with Gasteiger partial charge >= 0.3 is 0 Å². The lowest BCUT2D eigenvalue weighted by Gasteiger charge is -2.32. The van der Waals surface area contributed by atoms with Gasteiger partial charge in [-0.25, -0.2) is 4.98 Å². The maximum Gasteiger partial charge on any atom is 0.253 e. The molecule has 26 heavy (non-hydrogen) atoms. The Morgan fingerprint density at radius 1 is 1.12 bits per heavy atom. The van der Waals surface area contributed by atoms with E-state index < -0.39 is 0 Å². The van der Waals surface area contributed by atoms with Crippen molar-refractivity contribution in [2.45, 2.75) is 31.2 Å². The second kappa shape index (κ2) is 6.86. The molecule has 6 nitrogen and oxygen atoms in total. The number of nitrogens with one attached hydrogen (secondary N) is 1. The predicted octanol–water partition coefficient (Wildman–Crippen LogP) is 3.06.